The number of rotatable bonds is 5. The van der Waals surface area contributed by atoms with Crippen LogP contribution in [0.25, 0.3) is 0 Å². The van der Waals surface area contributed by atoms with Gasteiger partial charge in [0, 0.05) is 17.9 Å². The first kappa shape index (κ1) is 22.1. The number of nitrogens with zero attached hydrogens (tertiary/aromatic N) is 1. The minimum Gasteiger partial charge on any atom is -0.497 e. The van der Waals surface area contributed by atoms with Gasteiger partial charge in [0.05, 0.1) is 19.1 Å². The average molecular weight is 430 g/mol. The van der Waals surface area contributed by atoms with E-state index in [4.69, 9.17) is 10.5 Å². The average Bonchev–Trinajstić information content (AvgIpc) is 3.35. The molecule has 2 aliphatic rings. The van der Waals surface area contributed by atoms with Gasteiger partial charge in [-0.1, -0.05) is 31.0 Å². The van der Waals surface area contributed by atoms with E-state index in [1.54, 1.807) is 12.0 Å². The molecule has 0 bridgehead atoms. The number of anilines is 2. The zero-order chi connectivity index (χ0) is 20.4. The lowest BCUT2D eigenvalue weighted by atomic mass is 9.98. The van der Waals surface area contributed by atoms with Crippen molar-refractivity contribution >= 4 is 35.6 Å². The summed E-state index contributed by atoms with van der Waals surface area (Å²) in [4.78, 5) is 27.4. The Hall–Kier alpha value is -2.57. The molecule has 0 aromatic heterocycles. The number of carbonyl (C=O) groups excluding carboxylic acids is 2. The molecule has 0 unspecified atom stereocenters. The number of hydrogen-bond acceptors (Lipinski definition) is 4. The van der Waals surface area contributed by atoms with Crippen LogP contribution in [-0.4, -0.2) is 31.0 Å². The Kier molecular flexibility index (Phi) is 6.68. The lowest BCUT2D eigenvalue weighted by molar-refractivity contribution is -0.121. The van der Waals surface area contributed by atoms with Gasteiger partial charge in [-0.2, -0.15) is 0 Å². The van der Waals surface area contributed by atoms with E-state index in [0.29, 0.717) is 18.7 Å². The van der Waals surface area contributed by atoms with Gasteiger partial charge in [-0.05, 0) is 54.7 Å². The summed E-state index contributed by atoms with van der Waals surface area (Å²) in [6.07, 6.45) is 4.53. The number of nitrogens with two attached hydrogens (primary N) is 1. The van der Waals surface area contributed by atoms with E-state index in [-0.39, 0.29) is 24.2 Å². The minimum absolute atomic E-state index is 0. The highest BCUT2D eigenvalue weighted by atomic mass is 35.5. The Balaban J connectivity index is 0.00000256. The van der Waals surface area contributed by atoms with E-state index in [0.717, 1.165) is 54.7 Å². The molecule has 30 heavy (non-hydrogen) atoms. The van der Waals surface area contributed by atoms with Crippen molar-refractivity contribution in [3.8, 4) is 5.75 Å². The molecule has 2 aromatic carbocycles. The fraction of sp³-hybridized carbons (Fsp3) is 0.391. The summed E-state index contributed by atoms with van der Waals surface area (Å²) in [6.45, 7) is 0.649. The van der Waals surface area contributed by atoms with Crippen LogP contribution in [0.2, 0.25) is 0 Å². The fourth-order valence-electron chi connectivity index (χ4n) is 4.26. The van der Waals surface area contributed by atoms with Crippen LogP contribution >= 0.6 is 12.4 Å². The topological polar surface area (TPSA) is 84.7 Å². The molecular weight excluding hydrogens is 402 g/mol. The van der Waals surface area contributed by atoms with Gasteiger partial charge in [-0.15, -0.1) is 12.4 Å². The number of benzene rings is 2. The number of fused-ring (bicyclic) bond motifs is 1. The van der Waals surface area contributed by atoms with Crippen LogP contribution < -0.4 is 20.7 Å². The van der Waals surface area contributed by atoms with Crippen LogP contribution in [-0.2, 0) is 22.4 Å². The maximum atomic E-state index is 12.9. The third kappa shape index (κ3) is 4.45. The van der Waals surface area contributed by atoms with Crippen molar-refractivity contribution in [2.24, 2.45) is 5.73 Å². The first-order valence-corrected chi connectivity index (χ1v) is 10.1. The summed E-state index contributed by atoms with van der Waals surface area (Å²) in [6, 6.07) is 13.3. The number of nitrogens with one attached hydrogen (secondary N) is 1. The van der Waals surface area contributed by atoms with Gasteiger partial charge in [0.1, 0.15) is 5.75 Å². The Labute approximate surface area is 183 Å². The van der Waals surface area contributed by atoms with E-state index < -0.39 is 5.54 Å². The van der Waals surface area contributed by atoms with Crippen LogP contribution in [0.4, 0.5) is 11.4 Å². The Bertz CT molecular complexity index is 941. The monoisotopic (exact) mass is 429 g/mol. The van der Waals surface area contributed by atoms with Crippen LogP contribution in [0, 0.1) is 0 Å². The first-order chi connectivity index (χ1) is 14.0. The number of ether oxygens (including phenoxy) is 1. The third-order valence-electron chi connectivity index (χ3n) is 5.98. The third-order valence-corrected chi connectivity index (χ3v) is 5.98. The number of hydrogen-bond donors (Lipinski definition) is 2. The second-order valence-corrected chi connectivity index (χ2v) is 7.98. The normalized spacial score (nSPS) is 16.5. The van der Waals surface area contributed by atoms with Gasteiger partial charge in [0.2, 0.25) is 11.8 Å². The highest BCUT2D eigenvalue weighted by Crippen LogP contribution is 2.33. The standard InChI is InChI=1S/C23H27N3O3.ClH/c1-29-19-6-4-5-16(13-19)14-21(27)26-12-9-17-7-8-18(15-20(17)26)25-22(28)23(24)10-2-3-11-23;/h4-8,13,15H,2-3,9-12,14,24H2,1H3,(H,25,28);1H. The van der Waals surface area contributed by atoms with Crippen LogP contribution in [0.15, 0.2) is 42.5 Å². The van der Waals surface area contributed by atoms with Crippen molar-refractivity contribution in [1.29, 1.82) is 0 Å². The lowest BCUT2D eigenvalue weighted by Gasteiger charge is -2.23. The van der Waals surface area contributed by atoms with E-state index in [1.165, 1.54) is 0 Å². The highest BCUT2D eigenvalue weighted by molar-refractivity contribution is 6.00. The predicted octanol–water partition coefficient (Wildman–Crippen LogP) is 3.46. The zero-order valence-corrected chi connectivity index (χ0v) is 18.0. The number of amides is 2. The molecule has 1 heterocycles. The van der Waals surface area contributed by atoms with Gasteiger partial charge >= 0.3 is 0 Å². The molecule has 0 spiro atoms. The number of halogens is 1. The molecule has 6 nitrogen and oxygen atoms in total. The summed E-state index contributed by atoms with van der Waals surface area (Å²) in [5, 5.41) is 2.96. The summed E-state index contributed by atoms with van der Waals surface area (Å²) < 4.78 is 5.25. The molecule has 2 aromatic rings. The summed E-state index contributed by atoms with van der Waals surface area (Å²) >= 11 is 0. The van der Waals surface area contributed by atoms with Crippen LogP contribution in [0.5, 0.6) is 5.75 Å². The number of methoxy groups -OCH3 is 1. The van der Waals surface area contributed by atoms with Crippen LogP contribution in [0.3, 0.4) is 0 Å². The van der Waals surface area contributed by atoms with E-state index in [9.17, 15) is 9.59 Å². The summed E-state index contributed by atoms with van der Waals surface area (Å²) in [7, 11) is 1.62. The molecule has 0 saturated heterocycles. The molecule has 3 N–H and O–H groups in total. The SMILES string of the molecule is COc1cccc(CC(=O)N2CCc3ccc(NC(=O)C4(N)CCCC4)cc32)c1.Cl. The Morgan fingerprint density at radius 1 is 1.17 bits per heavy atom. The summed E-state index contributed by atoms with van der Waals surface area (Å²) in [5.74, 6) is 0.638. The van der Waals surface area contributed by atoms with Crippen molar-refractivity contribution in [2.45, 2.75) is 44.1 Å². The smallest absolute Gasteiger partial charge is 0.244 e. The van der Waals surface area contributed by atoms with Crippen molar-refractivity contribution in [2.75, 3.05) is 23.9 Å². The maximum absolute atomic E-state index is 12.9. The molecule has 2 amide bonds. The Morgan fingerprint density at radius 2 is 1.93 bits per heavy atom. The molecule has 4 rings (SSSR count). The summed E-state index contributed by atoms with van der Waals surface area (Å²) in [5.41, 5.74) is 9.07. The molecule has 0 radical (unpaired) electrons. The predicted molar refractivity (Wildman–Crippen MR) is 120 cm³/mol. The highest BCUT2D eigenvalue weighted by Gasteiger charge is 2.37. The van der Waals surface area contributed by atoms with E-state index >= 15 is 0 Å². The zero-order valence-electron chi connectivity index (χ0n) is 17.1. The van der Waals surface area contributed by atoms with Gasteiger partial charge < -0.3 is 20.7 Å². The van der Waals surface area contributed by atoms with Crippen molar-refractivity contribution < 1.29 is 14.3 Å². The lowest BCUT2D eigenvalue weighted by Crippen LogP contribution is -2.48. The first-order valence-electron chi connectivity index (χ1n) is 10.1. The van der Waals surface area contributed by atoms with Gasteiger partial charge in [0.25, 0.3) is 0 Å². The molecule has 1 fully saturated rings. The molecule has 1 aliphatic carbocycles. The van der Waals surface area contributed by atoms with E-state index in [2.05, 4.69) is 5.32 Å². The molecule has 1 saturated carbocycles. The maximum Gasteiger partial charge on any atom is 0.244 e. The second kappa shape index (κ2) is 9.06. The molecule has 7 heteroatoms. The van der Waals surface area contributed by atoms with Gasteiger partial charge in [0.15, 0.2) is 0 Å². The quantitative estimate of drug-likeness (QED) is 0.762. The molecule has 160 valence electrons. The fourth-order valence-corrected chi connectivity index (χ4v) is 4.26. The minimum atomic E-state index is -0.777. The van der Waals surface area contributed by atoms with Crippen molar-refractivity contribution in [3.63, 3.8) is 0 Å². The largest absolute Gasteiger partial charge is 0.497 e. The molecule has 1 aliphatic heterocycles. The number of carbonyl (C=O) groups is 2. The molecule has 0 atom stereocenters. The van der Waals surface area contributed by atoms with Gasteiger partial charge in [-0.25, -0.2) is 0 Å². The van der Waals surface area contributed by atoms with Crippen molar-refractivity contribution in [1.82, 2.24) is 0 Å². The molecular formula is C23H28ClN3O3. The second-order valence-electron chi connectivity index (χ2n) is 7.98. The van der Waals surface area contributed by atoms with Crippen molar-refractivity contribution in [3.05, 3.63) is 53.6 Å². The van der Waals surface area contributed by atoms with E-state index in [1.807, 2.05) is 42.5 Å². The van der Waals surface area contributed by atoms with Crippen LogP contribution in [0.1, 0.15) is 36.8 Å². The van der Waals surface area contributed by atoms with Gasteiger partial charge in [-0.3, -0.25) is 9.59 Å². The Morgan fingerprint density at radius 3 is 2.67 bits per heavy atom.